The molecular weight excluding hydrogens is 302 g/mol. The summed E-state index contributed by atoms with van der Waals surface area (Å²) in [4.78, 5) is 20.7. The maximum absolute atomic E-state index is 12.3. The van der Waals surface area contributed by atoms with Crippen molar-refractivity contribution in [2.45, 2.75) is 6.54 Å². The summed E-state index contributed by atoms with van der Waals surface area (Å²) in [5, 5.41) is 2.88. The van der Waals surface area contributed by atoms with Gasteiger partial charge in [0.05, 0.1) is 18.4 Å². The number of pyridine rings is 2. The van der Waals surface area contributed by atoms with Crippen LogP contribution < -0.4 is 10.1 Å². The number of nitrogens with one attached hydrogen (secondary N) is 1. The Morgan fingerprint density at radius 2 is 1.96 bits per heavy atom. The zero-order valence-corrected chi connectivity index (χ0v) is 13.3. The van der Waals surface area contributed by atoms with Crippen molar-refractivity contribution in [2.75, 3.05) is 7.11 Å². The summed E-state index contributed by atoms with van der Waals surface area (Å²) in [7, 11) is 1.61. The number of rotatable bonds is 5. The van der Waals surface area contributed by atoms with Gasteiger partial charge in [0.15, 0.2) is 0 Å². The zero-order chi connectivity index (χ0) is 16.8. The Hall–Kier alpha value is -3.21. The van der Waals surface area contributed by atoms with Crippen LogP contribution in [0.15, 0.2) is 67.1 Å². The van der Waals surface area contributed by atoms with Crippen LogP contribution in [0, 0.1) is 0 Å². The van der Waals surface area contributed by atoms with E-state index in [4.69, 9.17) is 4.74 Å². The van der Waals surface area contributed by atoms with Crippen LogP contribution >= 0.6 is 0 Å². The lowest BCUT2D eigenvalue weighted by molar-refractivity contribution is 0.0950. The minimum atomic E-state index is -0.175. The van der Waals surface area contributed by atoms with E-state index < -0.39 is 0 Å². The van der Waals surface area contributed by atoms with Gasteiger partial charge in [-0.3, -0.25) is 14.8 Å². The number of para-hydroxylation sites is 1. The van der Waals surface area contributed by atoms with E-state index >= 15 is 0 Å². The lowest BCUT2D eigenvalue weighted by Crippen LogP contribution is -2.23. The molecule has 1 aromatic carbocycles. The number of carbonyl (C=O) groups is 1. The van der Waals surface area contributed by atoms with Crippen LogP contribution in [0.4, 0.5) is 0 Å². The van der Waals surface area contributed by atoms with Crippen molar-refractivity contribution < 1.29 is 9.53 Å². The second-order valence-electron chi connectivity index (χ2n) is 5.17. The lowest BCUT2D eigenvalue weighted by atomic mass is 10.1. The van der Waals surface area contributed by atoms with Crippen LogP contribution in [0.2, 0.25) is 0 Å². The number of amides is 1. The predicted octanol–water partition coefficient (Wildman–Crippen LogP) is 3.08. The van der Waals surface area contributed by atoms with E-state index in [1.165, 1.54) is 0 Å². The van der Waals surface area contributed by atoms with Gasteiger partial charge in [-0.1, -0.05) is 18.2 Å². The average molecular weight is 319 g/mol. The first-order chi connectivity index (χ1) is 11.8. The van der Waals surface area contributed by atoms with Crippen molar-refractivity contribution in [3.05, 3.63) is 78.2 Å². The molecule has 0 atom stereocenters. The number of ether oxygens (including phenoxy) is 1. The number of benzene rings is 1. The number of aromatic nitrogens is 2. The molecule has 1 amide bonds. The Morgan fingerprint density at radius 3 is 2.67 bits per heavy atom. The smallest absolute Gasteiger partial charge is 0.253 e. The molecule has 1 N–H and O–H groups in total. The summed E-state index contributed by atoms with van der Waals surface area (Å²) in [6.07, 6.45) is 5.02. The molecule has 0 aliphatic rings. The minimum Gasteiger partial charge on any atom is -0.496 e. The van der Waals surface area contributed by atoms with Gasteiger partial charge in [-0.25, -0.2) is 0 Å². The Kier molecular flexibility index (Phi) is 4.81. The zero-order valence-electron chi connectivity index (χ0n) is 13.3. The third-order valence-electron chi connectivity index (χ3n) is 3.61. The molecule has 0 aliphatic carbocycles. The standard InChI is InChI=1S/C19H17N3O2/c1-24-18-7-3-2-5-15(18)12-22-19(23)16-8-9-17(21-13-16)14-6-4-10-20-11-14/h2-11,13H,12H2,1H3,(H,22,23). The predicted molar refractivity (Wildman–Crippen MR) is 91.6 cm³/mol. The summed E-state index contributed by atoms with van der Waals surface area (Å²) in [5.74, 6) is 0.578. The van der Waals surface area contributed by atoms with Crippen molar-refractivity contribution in [1.29, 1.82) is 0 Å². The Labute approximate surface area is 140 Å². The Morgan fingerprint density at radius 1 is 1.08 bits per heavy atom. The maximum Gasteiger partial charge on any atom is 0.253 e. The van der Waals surface area contributed by atoms with Gasteiger partial charge in [-0.15, -0.1) is 0 Å². The van der Waals surface area contributed by atoms with E-state index in [0.717, 1.165) is 22.6 Å². The molecule has 0 spiro atoms. The van der Waals surface area contributed by atoms with Crippen LogP contribution in [0.1, 0.15) is 15.9 Å². The molecule has 24 heavy (non-hydrogen) atoms. The summed E-state index contributed by atoms with van der Waals surface area (Å²) in [5.41, 5.74) is 3.13. The molecule has 0 saturated heterocycles. The summed E-state index contributed by atoms with van der Waals surface area (Å²) >= 11 is 0. The molecule has 2 heterocycles. The highest BCUT2D eigenvalue weighted by Crippen LogP contribution is 2.17. The number of carbonyl (C=O) groups excluding carboxylic acids is 1. The fourth-order valence-electron chi connectivity index (χ4n) is 2.34. The van der Waals surface area contributed by atoms with E-state index in [1.807, 2.05) is 42.5 Å². The fraction of sp³-hybridized carbons (Fsp3) is 0.105. The van der Waals surface area contributed by atoms with Crippen molar-refractivity contribution >= 4 is 5.91 Å². The second kappa shape index (κ2) is 7.37. The van der Waals surface area contributed by atoms with Crippen LogP contribution in [-0.2, 0) is 6.54 Å². The highest BCUT2D eigenvalue weighted by Gasteiger charge is 2.08. The van der Waals surface area contributed by atoms with Crippen LogP contribution in [0.25, 0.3) is 11.3 Å². The topological polar surface area (TPSA) is 64.1 Å². The monoisotopic (exact) mass is 319 g/mol. The van der Waals surface area contributed by atoms with Gasteiger partial charge in [0.25, 0.3) is 5.91 Å². The van der Waals surface area contributed by atoms with Crippen molar-refractivity contribution in [2.24, 2.45) is 0 Å². The molecule has 0 saturated carbocycles. The molecule has 2 aromatic heterocycles. The normalized spacial score (nSPS) is 10.2. The number of hydrogen-bond donors (Lipinski definition) is 1. The second-order valence-corrected chi connectivity index (χ2v) is 5.17. The molecule has 0 radical (unpaired) electrons. The molecule has 5 heteroatoms. The van der Waals surface area contributed by atoms with Gasteiger partial charge in [-0.05, 0) is 30.3 Å². The van der Waals surface area contributed by atoms with Crippen LogP contribution in [0.3, 0.4) is 0 Å². The van der Waals surface area contributed by atoms with Gasteiger partial charge in [0.2, 0.25) is 0 Å². The number of nitrogens with zero attached hydrogens (tertiary/aromatic N) is 2. The van der Waals surface area contributed by atoms with Gasteiger partial charge in [0.1, 0.15) is 5.75 Å². The Bertz CT molecular complexity index is 818. The highest BCUT2D eigenvalue weighted by atomic mass is 16.5. The molecule has 0 fully saturated rings. The molecular formula is C19H17N3O2. The van der Waals surface area contributed by atoms with Gasteiger partial charge >= 0.3 is 0 Å². The lowest BCUT2D eigenvalue weighted by Gasteiger charge is -2.09. The third kappa shape index (κ3) is 3.57. The van der Waals surface area contributed by atoms with E-state index in [0.29, 0.717) is 12.1 Å². The molecule has 0 unspecified atom stereocenters. The SMILES string of the molecule is COc1ccccc1CNC(=O)c1ccc(-c2cccnc2)nc1. The molecule has 120 valence electrons. The number of methoxy groups -OCH3 is 1. The largest absolute Gasteiger partial charge is 0.496 e. The molecule has 3 rings (SSSR count). The van der Waals surface area contributed by atoms with Crippen molar-refractivity contribution in [3.63, 3.8) is 0 Å². The molecule has 5 nitrogen and oxygen atoms in total. The van der Waals surface area contributed by atoms with Crippen LogP contribution in [-0.4, -0.2) is 23.0 Å². The molecule has 0 bridgehead atoms. The number of hydrogen-bond acceptors (Lipinski definition) is 4. The van der Waals surface area contributed by atoms with Crippen molar-refractivity contribution in [1.82, 2.24) is 15.3 Å². The van der Waals surface area contributed by atoms with E-state index in [9.17, 15) is 4.79 Å². The van der Waals surface area contributed by atoms with E-state index in [2.05, 4.69) is 15.3 Å². The van der Waals surface area contributed by atoms with Crippen LogP contribution in [0.5, 0.6) is 5.75 Å². The van der Waals surface area contributed by atoms with Gasteiger partial charge < -0.3 is 10.1 Å². The molecule has 3 aromatic rings. The summed E-state index contributed by atoms with van der Waals surface area (Å²) in [6.45, 7) is 0.396. The highest BCUT2D eigenvalue weighted by molar-refractivity contribution is 5.94. The van der Waals surface area contributed by atoms with E-state index in [1.54, 1.807) is 31.8 Å². The summed E-state index contributed by atoms with van der Waals surface area (Å²) < 4.78 is 5.28. The Balaban J connectivity index is 1.67. The molecule has 0 aliphatic heterocycles. The van der Waals surface area contributed by atoms with Gasteiger partial charge in [0, 0.05) is 36.3 Å². The quantitative estimate of drug-likeness (QED) is 0.785. The minimum absolute atomic E-state index is 0.175. The fourth-order valence-corrected chi connectivity index (χ4v) is 2.34. The maximum atomic E-state index is 12.3. The first kappa shape index (κ1) is 15.7. The summed E-state index contributed by atoms with van der Waals surface area (Å²) in [6, 6.07) is 14.9. The first-order valence-electron chi connectivity index (χ1n) is 7.54. The first-order valence-corrected chi connectivity index (χ1v) is 7.54. The van der Waals surface area contributed by atoms with Gasteiger partial charge in [-0.2, -0.15) is 0 Å². The third-order valence-corrected chi connectivity index (χ3v) is 3.61. The average Bonchev–Trinajstić information content (AvgIpc) is 2.67. The van der Waals surface area contributed by atoms with Crippen molar-refractivity contribution in [3.8, 4) is 17.0 Å². The van der Waals surface area contributed by atoms with E-state index in [-0.39, 0.29) is 5.91 Å².